The maximum atomic E-state index is 12.2. The van der Waals surface area contributed by atoms with Crippen LogP contribution in [0.4, 0.5) is 4.79 Å². The topological polar surface area (TPSA) is 153 Å². The number of hydrogen-bond acceptors (Lipinski definition) is 12. The van der Waals surface area contributed by atoms with Gasteiger partial charge in [0.15, 0.2) is 22.4 Å². The zero-order chi connectivity index (χ0) is 43.2. The Bertz CT molecular complexity index is 1290. The van der Waals surface area contributed by atoms with Crippen LogP contribution in [0.15, 0.2) is 12.2 Å². The third-order valence-corrected chi connectivity index (χ3v) is 20.0. The summed E-state index contributed by atoms with van der Waals surface area (Å²) in [4.78, 5) is 58.2. The highest BCUT2D eigenvalue weighted by molar-refractivity contribution is 8.00. The van der Waals surface area contributed by atoms with E-state index in [9.17, 15) is 24.0 Å². The summed E-state index contributed by atoms with van der Waals surface area (Å²) in [6.45, 7) is 32.9. The molecule has 1 unspecified atom stereocenters. The van der Waals surface area contributed by atoms with Crippen molar-refractivity contribution in [3.05, 3.63) is 12.2 Å². The van der Waals surface area contributed by atoms with Gasteiger partial charge in [-0.25, -0.2) is 14.4 Å². The fraction of sp³-hybridized carbons (Fsp3) is 0.825. The molecule has 0 aromatic heterocycles. The van der Waals surface area contributed by atoms with Crippen LogP contribution in [0.3, 0.4) is 0 Å². The summed E-state index contributed by atoms with van der Waals surface area (Å²) in [6.07, 6.45) is 6.12. The van der Waals surface area contributed by atoms with Crippen molar-refractivity contribution in [3.8, 4) is 0 Å². The molecule has 1 N–H and O–H groups in total. The average molecular weight is 834 g/mol. The summed E-state index contributed by atoms with van der Waals surface area (Å²) in [5.74, 6) is -0.156. The fourth-order valence-corrected chi connectivity index (χ4v) is 8.77. The molecule has 320 valence electrons. The van der Waals surface area contributed by atoms with Crippen LogP contribution in [0, 0.1) is 0 Å². The summed E-state index contributed by atoms with van der Waals surface area (Å²) in [6, 6.07) is -0.861. The van der Waals surface area contributed by atoms with Crippen LogP contribution >= 0.6 is 11.8 Å². The molecule has 0 spiro atoms. The molecule has 0 heterocycles. The number of hydrogen-bond donors (Lipinski definition) is 1. The molecule has 0 aliphatic heterocycles. The van der Waals surface area contributed by atoms with Gasteiger partial charge in [0.1, 0.15) is 29.6 Å². The summed E-state index contributed by atoms with van der Waals surface area (Å²) in [5, 5.41) is 2.83. The van der Waals surface area contributed by atoms with E-state index >= 15 is 0 Å². The Balaban J connectivity index is 0.000000958. The van der Waals surface area contributed by atoms with E-state index in [4.69, 9.17) is 23.1 Å². The Hall–Kier alpha value is -2.05. The Morgan fingerprint density at radius 1 is 0.800 bits per heavy atom. The van der Waals surface area contributed by atoms with Crippen molar-refractivity contribution < 1.29 is 51.8 Å². The molecule has 15 heteroatoms. The molecule has 0 bridgehead atoms. The lowest BCUT2D eigenvalue weighted by molar-refractivity contribution is -0.159. The molecule has 2 aliphatic carbocycles. The minimum absolute atomic E-state index is 0.0251. The number of amides is 1. The summed E-state index contributed by atoms with van der Waals surface area (Å²) < 4.78 is 32.4. The number of ether oxygens (including phenoxy) is 4. The number of ketones is 2. The summed E-state index contributed by atoms with van der Waals surface area (Å²) in [7, 11) is -0.933. The minimum Gasteiger partial charge on any atom is -0.467 e. The second-order valence-electron chi connectivity index (χ2n) is 19.1. The van der Waals surface area contributed by atoms with Crippen LogP contribution in [0.5, 0.6) is 0 Å². The number of Topliss-reactive ketones (excluding diaryl/α,β-unsaturated/α-hetero) is 1. The minimum atomic E-state index is -2.00. The molecule has 4 atom stereocenters. The molecule has 55 heavy (non-hydrogen) atoms. The zero-order valence-electron chi connectivity index (χ0n) is 37.3. The summed E-state index contributed by atoms with van der Waals surface area (Å²) in [5.41, 5.74) is -1.08. The van der Waals surface area contributed by atoms with E-state index in [2.05, 4.69) is 77.8 Å². The van der Waals surface area contributed by atoms with Crippen molar-refractivity contribution in [1.82, 2.24) is 5.32 Å². The van der Waals surface area contributed by atoms with Gasteiger partial charge in [0.05, 0.1) is 19.3 Å². The Kier molecular flexibility index (Phi) is 21.4. The molecule has 2 rings (SSSR count). The maximum Gasteiger partial charge on any atom is 0.408 e. The van der Waals surface area contributed by atoms with Crippen molar-refractivity contribution in [1.29, 1.82) is 0 Å². The molecule has 1 amide bonds. The fourth-order valence-electron chi connectivity index (χ4n) is 4.60. The van der Waals surface area contributed by atoms with E-state index in [1.165, 1.54) is 26.0 Å². The molecule has 12 nitrogen and oxygen atoms in total. The van der Waals surface area contributed by atoms with Gasteiger partial charge in [0.25, 0.3) is 0 Å². The number of nitrogens with one attached hydrogen (secondary N) is 1. The van der Waals surface area contributed by atoms with Crippen molar-refractivity contribution in [2.24, 2.45) is 0 Å². The predicted octanol–water partition coefficient (Wildman–Crippen LogP) is 8.57. The van der Waals surface area contributed by atoms with Crippen molar-refractivity contribution in [3.63, 3.8) is 0 Å². The Morgan fingerprint density at radius 3 is 1.76 bits per heavy atom. The molecule has 0 aromatic rings. The van der Waals surface area contributed by atoms with Crippen molar-refractivity contribution in [2.45, 2.75) is 186 Å². The highest BCUT2D eigenvalue weighted by Crippen LogP contribution is 2.41. The predicted molar refractivity (Wildman–Crippen MR) is 226 cm³/mol. The van der Waals surface area contributed by atoms with Crippen LogP contribution in [-0.2, 0) is 47.0 Å². The number of allylic oxidation sites excluding steroid dienone is 1. The van der Waals surface area contributed by atoms with Crippen molar-refractivity contribution >= 4 is 58.0 Å². The molecular formula is C40H75NO11SSi2. The zero-order valence-corrected chi connectivity index (χ0v) is 40.1. The number of rotatable bonds is 11. The monoisotopic (exact) mass is 833 g/mol. The lowest BCUT2D eigenvalue weighted by atomic mass is 9.96. The van der Waals surface area contributed by atoms with Gasteiger partial charge >= 0.3 is 18.0 Å². The lowest BCUT2D eigenvalue weighted by Gasteiger charge is -2.42. The molecule has 0 saturated heterocycles. The SMILES string of the molecule is CC(C)(C)[Si](C)(C)O[C@@H]1C=CC(=O)CC1.COC(=O)[C@H](CSC1CC(=O)CC[C@@H]1O[Si](C)(C)C(C)(C)C)NC(=O)OC(C)(C)C.COCC(=O)OC(C)(C)C. The summed E-state index contributed by atoms with van der Waals surface area (Å²) >= 11 is 1.48. The molecule has 0 aromatic carbocycles. The van der Waals surface area contributed by atoms with Crippen LogP contribution in [0.2, 0.25) is 36.3 Å². The van der Waals surface area contributed by atoms with E-state index in [0.717, 1.165) is 6.42 Å². The third-order valence-electron chi connectivity index (χ3n) is 9.56. The van der Waals surface area contributed by atoms with E-state index < -0.39 is 45.9 Å². The maximum absolute atomic E-state index is 12.2. The Morgan fingerprint density at radius 2 is 1.33 bits per heavy atom. The van der Waals surface area contributed by atoms with Gasteiger partial charge in [-0.15, -0.1) is 0 Å². The largest absolute Gasteiger partial charge is 0.467 e. The van der Waals surface area contributed by atoms with Crippen LogP contribution in [0.25, 0.3) is 0 Å². The third kappa shape index (κ3) is 21.9. The van der Waals surface area contributed by atoms with Gasteiger partial charge in [0.2, 0.25) is 0 Å². The highest BCUT2D eigenvalue weighted by atomic mass is 32.2. The van der Waals surface area contributed by atoms with Crippen LogP contribution in [-0.4, -0.2) is 108 Å². The first-order valence-corrected chi connectivity index (χ1v) is 26.1. The number of carbonyl (C=O) groups is 5. The average Bonchev–Trinajstić information content (AvgIpc) is 2.99. The van der Waals surface area contributed by atoms with E-state index in [0.29, 0.717) is 25.7 Å². The molecule has 0 radical (unpaired) electrons. The molecule has 2 aliphatic rings. The number of alkyl carbamates (subject to hydrolysis) is 1. The number of thioether (sulfide) groups is 1. The van der Waals surface area contributed by atoms with Crippen LogP contribution in [0.1, 0.15) is 115 Å². The van der Waals surface area contributed by atoms with Crippen molar-refractivity contribution in [2.75, 3.05) is 26.6 Å². The quantitative estimate of drug-likeness (QED) is 0.121. The number of esters is 2. The molecule has 1 fully saturated rings. The first kappa shape index (κ1) is 53.0. The lowest BCUT2D eigenvalue weighted by Crippen LogP contribution is -2.49. The van der Waals surface area contributed by atoms with Gasteiger partial charge < -0.3 is 33.1 Å². The van der Waals surface area contributed by atoms with E-state index in [1.54, 1.807) is 26.8 Å². The number of carbonyl (C=O) groups excluding carboxylic acids is 5. The Labute approximate surface area is 338 Å². The second kappa shape index (κ2) is 22.2. The van der Waals surface area contributed by atoms with E-state index in [1.807, 2.05) is 26.8 Å². The van der Waals surface area contributed by atoms with E-state index in [-0.39, 0.29) is 57.4 Å². The standard InChI is InChI=1S/C21H39NO6SSi.C12H22O2Si.C7H14O3/c1-20(2,3)27-19(25)22-15(18(24)26-7)13-29-17-12-14(23)10-11-16(17)28-30(8,9)21(4,5)6;1-12(2,3)15(4,5)14-11-8-6-10(13)7-9-11;1-7(2,3)10-6(8)5-9-4/h15-17H,10-13H2,1-9H3,(H,22,25);6,8,11H,7,9H2,1-5H3;5H2,1-4H3/t15-,16-,17?;11-;/m01./s1. The van der Waals surface area contributed by atoms with Gasteiger partial charge in [-0.1, -0.05) is 47.6 Å². The molecule has 1 saturated carbocycles. The smallest absolute Gasteiger partial charge is 0.408 e. The first-order chi connectivity index (χ1) is 24.7. The van der Waals surface area contributed by atoms with Gasteiger partial charge in [-0.2, -0.15) is 11.8 Å². The number of methoxy groups -OCH3 is 2. The van der Waals surface area contributed by atoms with Gasteiger partial charge in [0, 0.05) is 37.4 Å². The highest BCUT2D eigenvalue weighted by Gasteiger charge is 2.43. The molecular weight excluding hydrogens is 759 g/mol. The normalized spacial score (nSPS) is 20.2. The van der Waals surface area contributed by atoms with Gasteiger partial charge in [-0.3, -0.25) is 9.59 Å². The first-order valence-electron chi connectivity index (χ1n) is 19.2. The van der Waals surface area contributed by atoms with Gasteiger partial charge in [-0.05, 0) is 96.7 Å². The second-order valence-corrected chi connectivity index (χ2v) is 29.9. The van der Waals surface area contributed by atoms with Crippen LogP contribution < -0.4 is 5.32 Å².